The number of hydrogen-bond donors (Lipinski definition) is 0. The molecule has 0 N–H and O–H groups in total. The highest BCUT2D eigenvalue weighted by Gasteiger charge is 2.21. The van der Waals surface area contributed by atoms with E-state index in [1.807, 2.05) is 19.1 Å². The zero-order chi connectivity index (χ0) is 15.4. The van der Waals surface area contributed by atoms with Crippen molar-refractivity contribution in [2.24, 2.45) is 0 Å². The predicted octanol–water partition coefficient (Wildman–Crippen LogP) is 3.83. The van der Waals surface area contributed by atoms with Crippen LogP contribution in [-0.4, -0.2) is 43.3 Å². The number of halogens is 1. The van der Waals surface area contributed by atoms with Crippen molar-refractivity contribution in [3.8, 4) is 5.75 Å². The standard InChI is InChI=1S/C17H26ClNO2/c1-12-10-19(11-13(2)21-12)8-5-9-20-17-7-6-16(18)14(3)15(17)4/h6-7,12-13H,5,8-11H2,1-4H3/t12-,13+. The van der Waals surface area contributed by atoms with Gasteiger partial charge in [-0.05, 0) is 57.4 Å². The third kappa shape index (κ3) is 4.60. The zero-order valence-corrected chi connectivity index (χ0v) is 14.2. The lowest BCUT2D eigenvalue weighted by Crippen LogP contribution is -2.45. The molecule has 0 radical (unpaired) electrons. The van der Waals surface area contributed by atoms with Crippen molar-refractivity contribution in [3.63, 3.8) is 0 Å². The van der Waals surface area contributed by atoms with E-state index in [9.17, 15) is 0 Å². The van der Waals surface area contributed by atoms with Crippen LogP contribution in [0, 0.1) is 13.8 Å². The molecule has 118 valence electrons. The summed E-state index contributed by atoms with van der Waals surface area (Å²) in [6, 6.07) is 3.87. The highest BCUT2D eigenvalue weighted by molar-refractivity contribution is 6.31. The smallest absolute Gasteiger partial charge is 0.122 e. The number of rotatable bonds is 5. The van der Waals surface area contributed by atoms with Gasteiger partial charge in [-0.25, -0.2) is 0 Å². The second kappa shape index (κ2) is 7.48. The molecular weight excluding hydrogens is 286 g/mol. The Morgan fingerprint density at radius 1 is 1.19 bits per heavy atom. The Bertz CT molecular complexity index is 468. The molecule has 0 spiro atoms. The van der Waals surface area contributed by atoms with Gasteiger partial charge in [-0.3, -0.25) is 4.90 Å². The fraction of sp³-hybridized carbons (Fsp3) is 0.647. The first kappa shape index (κ1) is 16.6. The Hall–Kier alpha value is -0.770. The van der Waals surface area contributed by atoms with Gasteiger partial charge >= 0.3 is 0 Å². The molecule has 21 heavy (non-hydrogen) atoms. The molecule has 3 nitrogen and oxygen atoms in total. The second-order valence-electron chi connectivity index (χ2n) is 6.01. The van der Waals surface area contributed by atoms with Crippen molar-refractivity contribution in [1.29, 1.82) is 0 Å². The molecule has 1 aromatic rings. The Morgan fingerprint density at radius 2 is 1.86 bits per heavy atom. The average Bonchev–Trinajstić information content (AvgIpc) is 2.42. The van der Waals surface area contributed by atoms with Gasteiger partial charge in [-0.15, -0.1) is 0 Å². The van der Waals surface area contributed by atoms with Crippen LogP contribution in [0.4, 0.5) is 0 Å². The van der Waals surface area contributed by atoms with E-state index in [2.05, 4.69) is 25.7 Å². The van der Waals surface area contributed by atoms with Crippen LogP contribution in [0.5, 0.6) is 5.75 Å². The van der Waals surface area contributed by atoms with E-state index in [4.69, 9.17) is 21.1 Å². The fourth-order valence-corrected chi connectivity index (χ4v) is 3.06. The van der Waals surface area contributed by atoms with E-state index in [-0.39, 0.29) is 0 Å². The summed E-state index contributed by atoms with van der Waals surface area (Å²) in [7, 11) is 0. The maximum absolute atomic E-state index is 6.10. The van der Waals surface area contributed by atoms with Crippen LogP contribution in [0.2, 0.25) is 5.02 Å². The van der Waals surface area contributed by atoms with Gasteiger partial charge in [0.1, 0.15) is 5.75 Å². The van der Waals surface area contributed by atoms with Gasteiger partial charge in [0.25, 0.3) is 0 Å². The molecule has 0 aliphatic carbocycles. The molecule has 1 saturated heterocycles. The summed E-state index contributed by atoms with van der Waals surface area (Å²) in [5.74, 6) is 0.945. The predicted molar refractivity (Wildman–Crippen MR) is 87.5 cm³/mol. The molecule has 0 saturated carbocycles. The minimum Gasteiger partial charge on any atom is -0.493 e. The molecule has 1 aliphatic rings. The topological polar surface area (TPSA) is 21.7 Å². The molecule has 0 unspecified atom stereocenters. The van der Waals surface area contributed by atoms with Crippen LogP contribution in [0.15, 0.2) is 12.1 Å². The van der Waals surface area contributed by atoms with Crippen molar-refractivity contribution in [3.05, 3.63) is 28.3 Å². The normalized spacial score (nSPS) is 23.3. The first-order valence-corrected chi connectivity index (χ1v) is 8.11. The number of nitrogens with zero attached hydrogens (tertiary/aromatic N) is 1. The molecule has 1 aromatic carbocycles. The minimum atomic E-state index is 0.329. The Morgan fingerprint density at radius 3 is 2.52 bits per heavy atom. The number of benzene rings is 1. The third-order valence-corrected chi connectivity index (χ3v) is 4.45. The summed E-state index contributed by atoms with van der Waals surface area (Å²) in [6.45, 7) is 12.2. The van der Waals surface area contributed by atoms with Gasteiger partial charge in [0.05, 0.1) is 18.8 Å². The fourth-order valence-electron chi connectivity index (χ4n) is 2.86. The maximum Gasteiger partial charge on any atom is 0.122 e. The molecule has 0 aromatic heterocycles. The van der Waals surface area contributed by atoms with E-state index in [0.717, 1.165) is 54.6 Å². The van der Waals surface area contributed by atoms with E-state index in [0.29, 0.717) is 12.2 Å². The molecule has 2 atom stereocenters. The Kier molecular flexibility index (Phi) is 5.91. The lowest BCUT2D eigenvalue weighted by Gasteiger charge is -2.35. The van der Waals surface area contributed by atoms with Gasteiger partial charge in [0, 0.05) is 24.7 Å². The van der Waals surface area contributed by atoms with Crippen molar-refractivity contribution in [2.75, 3.05) is 26.2 Å². The van der Waals surface area contributed by atoms with E-state index >= 15 is 0 Å². The summed E-state index contributed by atoms with van der Waals surface area (Å²) < 4.78 is 11.6. The molecule has 4 heteroatoms. The van der Waals surface area contributed by atoms with Crippen LogP contribution < -0.4 is 4.74 Å². The van der Waals surface area contributed by atoms with Gasteiger partial charge in [0.15, 0.2) is 0 Å². The number of morpholine rings is 1. The first-order valence-electron chi connectivity index (χ1n) is 7.73. The maximum atomic E-state index is 6.10. The number of ether oxygens (including phenoxy) is 2. The summed E-state index contributed by atoms with van der Waals surface area (Å²) in [4.78, 5) is 2.46. The molecule has 0 amide bonds. The number of hydrogen-bond acceptors (Lipinski definition) is 3. The molecule has 0 bridgehead atoms. The molecule has 1 heterocycles. The summed E-state index contributed by atoms with van der Waals surface area (Å²) in [5, 5.41) is 0.802. The van der Waals surface area contributed by atoms with E-state index in [1.54, 1.807) is 0 Å². The van der Waals surface area contributed by atoms with E-state index in [1.165, 1.54) is 0 Å². The van der Waals surface area contributed by atoms with Crippen molar-refractivity contribution in [2.45, 2.75) is 46.3 Å². The van der Waals surface area contributed by atoms with Crippen LogP contribution in [-0.2, 0) is 4.74 Å². The Labute approximate surface area is 133 Å². The third-order valence-electron chi connectivity index (χ3n) is 4.04. The quantitative estimate of drug-likeness (QED) is 0.771. The van der Waals surface area contributed by atoms with Crippen molar-refractivity contribution in [1.82, 2.24) is 4.90 Å². The monoisotopic (exact) mass is 311 g/mol. The van der Waals surface area contributed by atoms with Crippen LogP contribution in [0.25, 0.3) is 0 Å². The molecule has 1 fully saturated rings. The minimum absolute atomic E-state index is 0.329. The highest BCUT2D eigenvalue weighted by atomic mass is 35.5. The van der Waals surface area contributed by atoms with Gasteiger partial charge in [0.2, 0.25) is 0 Å². The molecule has 1 aliphatic heterocycles. The lowest BCUT2D eigenvalue weighted by atomic mass is 10.1. The largest absolute Gasteiger partial charge is 0.493 e. The van der Waals surface area contributed by atoms with Crippen molar-refractivity contribution < 1.29 is 9.47 Å². The van der Waals surface area contributed by atoms with Crippen LogP contribution in [0.3, 0.4) is 0 Å². The van der Waals surface area contributed by atoms with Crippen molar-refractivity contribution >= 4 is 11.6 Å². The van der Waals surface area contributed by atoms with E-state index < -0.39 is 0 Å². The lowest BCUT2D eigenvalue weighted by molar-refractivity contribution is -0.0686. The first-order chi connectivity index (χ1) is 9.97. The SMILES string of the molecule is Cc1c(Cl)ccc(OCCCN2C[C@@H](C)O[C@@H](C)C2)c1C. The molecular formula is C17H26ClNO2. The Balaban J connectivity index is 1.76. The highest BCUT2D eigenvalue weighted by Crippen LogP contribution is 2.27. The summed E-state index contributed by atoms with van der Waals surface area (Å²) in [5.41, 5.74) is 2.24. The molecule has 2 rings (SSSR count). The second-order valence-corrected chi connectivity index (χ2v) is 6.42. The zero-order valence-electron chi connectivity index (χ0n) is 13.5. The van der Waals surface area contributed by atoms with Gasteiger partial charge in [-0.1, -0.05) is 11.6 Å². The van der Waals surface area contributed by atoms with Gasteiger partial charge < -0.3 is 9.47 Å². The summed E-state index contributed by atoms with van der Waals surface area (Å²) in [6.07, 6.45) is 1.69. The van der Waals surface area contributed by atoms with Crippen LogP contribution >= 0.6 is 11.6 Å². The van der Waals surface area contributed by atoms with Gasteiger partial charge in [-0.2, -0.15) is 0 Å². The van der Waals surface area contributed by atoms with Crippen LogP contribution in [0.1, 0.15) is 31.4 Å². The summed E-state index contributed by atoms with van der Waals surface area (Å²) >= 11 is 6.10. The average molecular weight is 312 g/mol.